The highest BCUT2D eigenvalue weighted by molar-refractivity contribution is 9.10. The van der Waals surface area contributed by atoms with E-state index in [4.69, 9.17) is 0 Å². The van der Waals surface area contributed by atoms with Crippen LogP contribution in [0.5, 0.6) is 0 Å². The molecule has 0 aromatic heterocycles. The van der Waals surface area contributed by atoms with Gasteiger partial charge in [-0.05, 0) is 23.8 Å². The molecule has 3 nitrogen and oxygen atoms in total. The molecule has 1 aliphatic heterocycles. The van der Waals surface area contributed by atoms with Crippen molar-refractivity contribution in [2.24, 2.45) is 0 Å². The summed E-state index contributed by atoms with van der Waals surface area (Å²) in [6.45, 7) is 0. The number of carbonyl (C=O) groups excluding carboxylic acids is 1. The van der Waals surface area contributed by atoms with Crippen molar-refractivity contribution in [3.05, 3.63) is 64.1 Å². The number of amides is 1. The van der Waals surface area contributed by atoms with Gasteiger partial charge in [0.05, 0.1) is 0 Å². The lowest BCUT2D eigenvalue weighted by molar-refractivity contribution is -0.133. The summed E-state index contributed by atoms with van der Waals surface area (Å²) in [6, 6.07) is 14.9. The van der Waals surface area contributed by atoms with E-state index in [1.54, 1.807) is 12.1 Å². The molecule has 19 heavy (non-hydrogen) atoms. The number of para-hydroxylation sites is 1. The molecule has 2 N–H and O–H groups in total. The Morgan fingerprint density at radius 2 is 1.95 bits per heavy atom. The SMILES string of the molecule is O=C1Nc2ccccc2C1(O)Cc1cccc(Br)c1. The minimum atomic E-state index is -1.49. The largest absolute Gasteiger partial charge is 0.375 e. The molecule has 0 saturated carbocycles. The monoisotopic (exact) mass is 317 g/mol. The van der Waals surface area contributed by atoms with Gasteiger partial charge in [0.25, 0.3) is 5.91 Å². The van der Waals surface area contributed by atoms with Gasteiger partial charge in [0.2, 0.25) is 0 Å². The summed E-state index contributed by atoms with van der Waals surface area (Å²) >= 11 is 3.39. The fourth-order valence-corrected chi connectivity index (χ4v) is 2.87. The Bertz CT molecular complexity index is 656. The van der Waals surface area contributed by atoms with Crippen molar-refractivity contribution in [1.82, 2.24) is 0 Å². The fraction of sp³-hybridized carbons (Fsp3) is 0.133. The third-order valence-corrected chi connectivity index (χ3v) is 3.84. The van der Waals surface area contributed by atoms with Crippen molar-refractivity contribution in [2.75, 3.05) is 5.32 Å². The van der Waals surface area contributed by atoms with Crippen LogP contribution in [0.4, 0.5) is 5.69 Å². The number of benzene rings is 2. The molecular weight excluding hydrogens is 306 g/mol. The average molecular weight is 318 g/mol. The summed E-state index contributed by atoms with van der Waals surface area (Å²) in [6.07, 6.45) is 0.259. The van der Waals surface area contributed by atoms with Crippen molar-refractivity contribution in [3.63, 3.8) is 0 Å². The zero-order valence-corrected chi connectivity index (χ0v) is 11.6. The summed E-state index contributed by atoms with van der Waals surface area (Å²) in [5.41, 5.74) is 0.742. The zero-order valence-electron chi connectivity index (χ0n) is 10.1. The molecule has 2 aromatic rings. The first kappa shape index (κ1) is 12.4. The van der Waals surface area contributed by atoms with Gasteiger partial charge >= 0.3 is 0 Å². The van der Waals surface area contributed by atoms with Crippen LogP contribution in [0.3, 0.4) is 0 Å². The Morgan fingerprint density at radius 3 is 2.74 bits per heavy atom. The fourth-order valence-electron chi connectivity index (χ4n) is 2.42. The Balaban J connectivity index is 2.01. The van der Waals surface area contributed by atoms with E-state index in [1.165, 1.54) is 0 Å². The maximum Gasteiger partial charge on any atom is 0.261 e. The lowest BCUT2D eigenvalue weighted by Crippen LogP contribution is -2.36. The minimum absolute atomic E-state index is 0.259. The first-order chi connectivity index (χ1) is 9.09. The Hall–Kier alpha value is -1.65. The van der Waals surface area contributed by atoms with E-state index in [0.29, 0.717) is 11.3 Å². The second-order valence-electron chi connectivity index (χ2n) is 4.67. The molecule has 4 heteroatoms. The number of halogens is 1. The van der Waals surface area contributed by atoms with Gasteiger partial charge in [-0.15, -0.1) is 0 Å². The van der Waals surface area contributed by atoms with Crippen molar-refractivity contribution >= 4 is 27.5 Å². The van der Waals surface area contributed by atoms with Gasteiger partial charge in [0, 0.05) is 22.1 Å². The summed E-state index contributed by atoms with van der Waals surface area (Å²) < 4.78 is 0.931. The number of nitrogens with one attached hydrogen (secondary N) is 1. The predicted octanol–water partition coefficient (Wildman–Crippen LogP) is 2.83. The quantitative estimate of drug-likeness (QED) is 0.894. The van der Waals surface area contributed by atoms with Crippen LogP contribution in [-0.2, 0) is 16.8 Å². The van der Waals surface area contributed by atoms with Crippen LogP contribution >= 0.6 is 15.9 Å². The molecule has 0 bridgehead atoms. The first-order valence-corrected chi connectivity index (χ1v) is 6.77. The molecule has 0 fully saturated rings. The van der Waals surface area contributed by atoms with E-state index in [1.807, 2.05) is 36.4 Å². The molecular formula is C15H12BrNO2. The van der Waals surface area contributed by atoms with Crippen molar-refractivity contribution in [1.29, 1.82) is 0 Å². The summed E-state index contributed by atoms with van der Waals surface area (Å²) in [5, 5.41) is 13.5. The van der Waals surface area contributed by atoms with Crippen LogP contribution in [0, 0.1) is 0 Å². The van der Waals surface area contributed by atoms with E-state index < -0.39 is 5.60 Å². The number of hydrogen-bond donors (Lipinski definition) is 2. The Morgan fingerprint density at radius 1 is 1.16 bits per heavy atom. The van der Waals surface area contributed by atoms with Crippen LogP contribution in [0.15, 0.2) is 53.0 Å². The summed E-state index contributed by atoms with van der Waals surface area (Å²) in [4.78, 5) is 12.1. The molecule has 1 aliphatic rings. The number of fused-ring (bicyclic) bond motifs is 1. The van der Waals surface area contributed by atoms with Crippen LogP contribution in [0.2, 0.25) is 0 Å². The topological polar surface area (TPSA) is 49.3 Å². The van der Waals surface area contributed by atoms with Crippen molar-refractivity contribution in [2.45, 2.75) is 12.0 Å². The summed E-state index contributed by atoms with van der Waals surface area (Å²) in [7, 11) is 0. The molecule has 0 radical (unpaired) electrons. The molecule has 0 spiro atoms. The molecule has 1 unspecified atom stereocenters. The van der Waals surface area contributed by atoms with Gasteiger partial charge in [-0.25, -0.2) is 0 Å². The second-order valence-corrected chi connectivity index (χ2v) is 5.58. The van der Waals surface area contributed by atoms with Gasteiger partial charge < -0.3 is 10.4 Å². The number of anilines is 1. The zero-order chi connectivity index (χ0) is 13.5. The van der Waals surface area contributed by atoms with Crippen molar-refractivity contribution in [3.8, 4) is 0 Å². The van der Waals surface area contributed by atoms with E-state index in [2.05, 4.69) is 21.2 Å². The maximum absolute atomic E-state index is 12.1. The number of aliphatic hydroxyl groups is 1. The molecule has 1 atom stereocenters. The van der Waals surface area contributed by atoms with E-state index in [0.717, 1.165) is 10.0 Å². The second kappa shape index (κ2) is 4.47. The minimum Gasteiger partial charge on any atom is -0.375 e. The van der Waals surface area contributed by atoms with Crippen LogP contribution in [-0.4, -0.2) is 11.0 Å². The molecule has 1 amide bonds. The normalized spacial score (nSPS) is 21.1. The van der Waals surface area contributed by atoms with Crippen LogP contribution < -0.4 is 5.32 Å². The van der Waals surface area contributed by atoms with Crippen molar-refractivity contribution < 1.29 is 9.90 Å². The number of rotatable bonds is 2. The Kier molecular flexibility index (Phi) is 2.92. The lowest BCUT2D eigenvalue weighted by atomic mass is 9.88. The molecule has 1 heterocycles. The molecule has 96 valence electrons. The predicted molar refractivity (Wildman–Crippen MR) is 76.8 cm³/mol. The summed E-state index contributed by atoms with van der Waals surface area (Å²) in [5.74, 6) is -0.367. The van der Waals surface area contributed by atoms with Gasteiger partial charge in [-0.3, -0.25) is 4.79 Å². The van der Waals surface area contributed by atoms with Gasteiger partial charge in [0.1, 0.15) is 0 Å². The smallest absolute Gasteiger partial charge is 0.261 e. The molecule has 0 saturated heterocycles. The van der Waals surface area contributed by atoms with Gasteiger partial charge in [-0.1, -0.05) is 46.3 Å². The van der Waals surface area contributed by atoms with Crippen LogP contribution in [0.1, 0.15) is 11.1 Å². The maximum atomic E-state index is 12.1. The number of carbonyl (C=O) groups is 1. The van der Waals surface area contributed by atoms with Gasteiger partial charge in [-0.2, -0.15) is 0 Å². The first-order valence-electron chi connectivity index (χ1n) is 5.97. The molecule has 3 rings (SSSR count). The highest BCUT2D eigenvalue weighted by Gasteiger charge is 2.44. The lowest BCUT2D eigenvalue weighted by Gasteiger charge is -2.21. The van der Waals surface area contributed by atoms with Crippen LogP contribution in [0.25, 0.3) is 0 Å². The van der Waals surface area contributed by atoms with E-state index in [9.17, 15) is 9.90 Å². The highest BCUT2D eigenvalue weighted by Crippen LogP contribution is 2.38. The third-order valence-electron chi connectivity index (χ3n) is 3.35. The van der Waals surface area contributed by atoms with Gasteiger partial charge in [0.15, 0.2) is 5.60 Å². The number of hydrogen-bond acceptors (Lipinski definition) is 2. The van der Waals surface area contributed by atoms with E-state index >= 15 is 0 Å². The highest BCUT2D eigenvalue weighted by atomic mass is 79.9. The van der Waals surface area contributed by atoms with E-state index in [-0.39, 0.29) is 12.3 Å². The average Bonchev–Trinajstić information content (AvgIpc) is 2.62. The third kappa shape index (κ3) is 2.07. The molecule has 0 aliphatic carbocycles. The standard InChI is InChI=1S/C15H12BrNO2/c16-11-5-3-4-10(8-11)9-15(19)12-6-1-2-7-13(12)17-14(15)18/h1-8,19H,9H2,(H,17,18). The Labute approximate surface area is 119 Å². The molecule has 2 aromatic carbocycles.